The summed E-state index contributed by atoms with van der Waals surface area (Å²) in [6.07, 6.45) is 0. The first-order chi connectivity index (χ1) is 2.77. The number of nitrogens with one attached hydrogen (secondary N) is 1. The van der Waals surface area contributed by atoms with Crippen LogP contribution in [-0.4, -0.2) is 5.91 Å². The standard InChI is InChI=1S/C4H8NO.W/c1-3-5-4(2)6;/h3H,1-2H3,(H,5,6);/q-1;. The molecule has 0 aliphatic heterocycles. The third kappa shape index (κ3) is 10.7. The minimum atomic E-state index is -0.0162. The van der Waals surface area contributed by atoms with Gasteiger partial charge in [-0.1, -0.05) is 0 Å². The van der Waals surface area contributed by atoms with Crippen LogP contribution in [0.5, 0.6) is 0 Å². The summed E-state index contributed by atoms with van der Waals surface area (Å²) in [5.41, 5.74) is 0. The van der Waals surface area contributed by atoms with Gasteiger partial charge in [0.25, 0.3) is 0 Å². The summed E-state index contributed by atoms with van der Waals surface area (Å²) in [5, 5.41) is 2.44. The van der Waals surface area contributed by atoms with Gasteiger partial charge in [0.15, 0.2) is 5.91 Å². The molecule has 0 aliphatic carbocycles. The van der Waals surface area contributed by atoms with E-state index in [1.54, 1.807) is 13.5 Å². The largest absolute Gasteiger partial charge is 0.506 e. The van der Waals surface area contributed by atoms with Crippen LogP contribution >= 0.6 is 0 Å². The van der Waals surface area contributed by atoms with Crippen LogP contribution in [0.25, 0.3) is 0 Å². The smallest absolute Gasteiger partial charge is 0.187 e. The molecule has 1 N–H and O–H groups in total. The predicted octanol–water partition coefficient (Wildman–Crippen LogP) is 0.302. The van der Waals surface area contributed by atoms with E-state index >= 15 is 0 Å². The molecule has 0 fully saturated rings. The molecule has 0 aliphatic rings. The van der Waals surface area contributed by atoms with Crippen molar-refractivity contribution in [3.05, 3.63) is 6.54 Å². The zero-order valence-electron chi connectivity index (χ0n) is 4.39. The molecule has 0 aromatic carbocycles. The summed E-state index contributed by atoms with van der Waals surface area (Å²) in [5.74, 6) is -0.0162. The molecule has 0 saturated carbocycles. The second-order valence-corrected chi connectivity index (χ2v) is 0.989. The molecule has 0 bridgehead atoms. The average Bonchev–Trinajstić information content (AvgIpc) is 1.35. The van der Waals surface area contributed by atoms with Gasteiger partial charge in [0.05, 0.1) is 0 Å². The van der Waals surface area contributed by atoms with Gasteiger partial charge in [0, 0.05) is 28.0 Å². The molecule has 0 radical (unpaired) electrons. The summed E-state index contributed by atoms with van der Waals surface area (Å²) < 4.78 is 0. The van der Waals surface area contributed by atoms with Crippen molar-refractivity contribution in [2.45, 2.75) is 13.8 Å². The Morgan fingerprint density at radius 3 is 2.14 bits per heavy atom. The third-order valence-corrected chi connectivity index (χ3v) is 0.348. The first-order valence-corrected chi connectivity index (χ1v) is 1.82. The molecule has 2 nitrogen and oxygen atoms in total. The maximum absolute atomic E-state index is 9.90. The second-order valence-electron chi connectivity index (χ2n) is 0.989. The minimum Gasteiger partial charge on any atom is -0.506 e. The molecule has 7 heavy (non-hydrogen) atoms. The Bertz CT molecular complexity index is 55.7. The minimum absolute atomic E-state index is 0. The van der Waals surface area contributed by atoms with Gasteiger partial charge in [-0.05, 0) is 0 Å². The van der Waals surface area contributed by atoms with Crippen molar-refractivity contribution in [3.63, 3.8) is 0 Å². The molecule has 0 rings (SSSR count). The van der Waals surface area contributed by atoms with Crippen molar-refractivity contribution in [1.29, 1.82) is 0 Å². The summed E-state index contributed by atoms with van der Waals surface area (Å²) in [4.78, 5) is 9.90. The van der Waals surface area contributed by atoms with E-state index in [0.29, 0.717) is 0 Å². The van der Waals surface area contributed by atoms with Gasteiger partial charge in [-0.2, -0.15) is 6.92 Å². The second kappa shape index (κ2) is 6.16. The van der Waals surface area contributed by atoms with E-state index in [1.165, 1.54) is 6.92 Å². The molecule has 0 spiro atoms. The molecular formula is C4H8NOW-. The van der Waals surface area contributed by atoms with Crippen LogP contribution in [0.1, 0.15) is 13.8 Å². The fraction of sp³-hybridized carbons (Fsp3) is 0.500. The van der Waals surface area contributed by atoms with Crippen molar-refractivity contribution in [2.24, 2.45) is 0 Å². The first kappa shape index (κ1) is 10.2. The normalized spacial score (nSPS) is 6.57. The van der Waals surface area contributed by atoms with Crippen molar-refractivity contribution in [2.75, 3.05) is 0 Å². The SMILES string of the molecule is C[CH-]NC(C)=O.[W]. The van der Waals surface area contributed by atoms with E-state index in [-0.39, 0.29) is 27.0 Å². The Morgan fingerprint density at radius 1 is 1.71 bits per heavy atom. The van der Waals surface area contributed by atoms with Crippen LogP contribution in [0.3, 0.4) is 0 Å². The molecule has 3 heteroatoms. The van der Waals surface area contributed by atoms with Crippen LogP contribution in [0.4, 0.5) is 0 Å². The number of amides is 1. The Morgan fingerprint density at radius 2 is 2.14 bits per heavy atom. The summed E-state index contributed by atoms with van der Waals surface area (Å²) in [6, 6.07) is 0. The van der Waals surface area contributed by atoms with E-state index in [0.717, 1.165) is 0 Å². The summed E-state index contributed by atoms with van der Waals surface area (Å²) in [7, 11) is 0. The van der Waals surface area contributed by atoms with Gasteiger partial charge in [0.1, 0.15) is 0 Å². The van der Waals surface area contributed by atoms with Crippen molar-refractivity contribution in [3.8, 4) is 0 Å². The topological polar surface area (TPSA) is 29.1 Å². The van der Waals surface area contributed by atoms with Gasteiger partial charge in [-0.15, -0.1) is 0 Å². The zero-order chi connectivity index (χ0) is 4.99. The first-order valence-electron chi connectivity index (χ1n) is 1.82. The molecule has 0 aromatic rings. The number of hydrogen-bond donors (Lipinski definition) is 1. The maximum atomic E-state index is 9.90. The molecule has 0 heterocycles. The van der Waals surface area contributed by atoms with Crippen molar-refractivity contribution < 1.29 is 25.9 Å². The van der Waals surface area contributed by atoms with E-state index in [4.69, 9.17) is 0 Å². The van der Waals surface area contributed by atoms with Gasteiger partial charge in [0.2, 0.25) is 0 Å². The van der Waals surface area contributed by atoms with Gasteiger partial charge < -0.3 is 5.32 Å². The third-order valence-electron chi connectivity index (χ3n) is 0.348. The van der Waals surface area contributed by atoms with Crippen LogP contribution in [-0.2, 0) is 25.9 Å². The van der Waals surface area contributed by atoms with Gasteiger partial charge in [-0.25, -0.2) is 6.54 Å². The average molecular weight is 270 g/mol. The Labute approximate surface area is 57.9 Å². The number of carbonyl (C=O) groups excluding carboxylic acids is 1. The van der Waals surface area contributed by atoms with Crippen LogP contribution < -0.4 is 5.32 Å². The summed E-state index contributed by atoms with van der Waals surface area (Å²) in [6.45, 7) is 4.84. The molecular weight excluding hydrogens is 262 g/mol. The van der Waals surface area contributed by atoms with Crippen LogP contribution in [0.15, 0.2) is 0 Å². The zero-order valence-corrected chi connectivity index (χ0v) is 7.33. The number of rotatable bonds is 1. The van der Waals surface area contributed by atoms with E-state index in [9.17, 15) is 4.79 Å². The van der Waals surface area contributed by atoms with E-state index in [1.807, 2.05) is 0 Å². The van der Waals surface area contributed by atoms with E-state index in [2.05, 4.69) is 5.32 Å². The predicted molar refractivity (Wildman–Crippen MR) is 23.8 cm³/mol. The fourth-order valence-corrected chi connectivity index (χ4v) is 0.203. The number of hydrogen-bond acceptors (Lipinski definition) is 1. The Balaban J connectivity index is 0. The fourth-order valence-electron chi connectivity index (χ4n) is 0.203. The van der Waals surface area contributed by atoms with Gasteiger partial charge in [-0.3, -0.25) is 4.79 Å². The Kier molecular flexibility index (Phi) is 8.98. The maximum Gasteiger partial charge on any atom is 0.187 e. The number of carbonyl (C=O) groups is 1. The van der Waals surface area contributed by atoms with E-state index < -0.39 is 0 Å². The quantitative estimate of drug-likeness (QED) is 0.682. The van der Waals surface area contributed by atoms with Crippen molar-refractivity contribution >= 4 is 5.91 Å². The molecule has 0 unspecified atom stereocenters. The molecule has 0 saturated heterocycles. The van der Waals surface area contributed by atoms with Crippen LogP contribution in [0, 0.1) is 6.54 Å². The molecule has 0 atom stereocenters. The van der Waals surface area contributed by atoms with Gasteiger partial charge >= 0.3 is 0 Å². The molecule has 42 valence electrons. The Hall–Kier alpha value is 0.158. The monoisotopic (exact) mass is 270 g/mol. The summed E-state index contributed by atoms with van der Waals surface area (Å²) >= 11 is 0. The molecule has 0 aromatic heterocycles. The van der Waals surface area contributed by atoms with Crippen LogP contribution in [0.2, 0.25) is 0 Å². The van der Waals surface area contributed by atoms with Crippen molar-refractivity contribution in [1.82, 2.24) is 5.32 Å². The molecule has 1 amide bonds.